The molecule has 0 aromatic heterocycles. The van der Waals surface area contributed by atoms with Crippen molar-refractivity contribution in [2.75, 3.05) is 46.5 Å². The van der Waals surface area contributed by atoms with Crippen molar-refractivity contribution in [3.8, 4) is 0 Å². The highest BCUT2D eigenvalue weighted by molar-refractivity contribution is 4.56. The third kappa shape index (κ3) is 22.2. The van der Waals surface area contributed by atoms with E-state index < -0.39 is 5.97 Å². The molecular weight excluding hydrogens is 482 g/mol. The quantitative estimate of drug-likeness (QED) is 0.0746. The van der Waals surface area contributed by atoms with Crippen LogP contribution in [0.1, 0.15) is 175 Å². The van der Waals surface area contributed by atoms with Crippen LogP contribution in [-0.4, -0.2) is 57.0 Å². The van der Waals surface area contributed by atoms with Gasteiger partial charge in [0.15, 0.2) is 0 Å². The molecule has 1 fully saturated rings. The third-order valence-electron chi connectivity index (χ3n) is 8.90. The topological polar surface area (TPSA) is 27.7 Å². The van der Waals surface area contributed by atoms with Crippen LogP contribution in [0.4, 0.5) is 0 Å². The second-order valence-electron chi connectivity index (χ2n) is 13.0. The molecule has 0 aliphatic carbocycles. The summed E-state index contributed by atoms with van der Waals surface area (Å²) in [6.45, 7) is 12.1. The fraction of sp³-hybridized carbons (Fsp3) is 1.00. The molecule has 1 heterocycles. The van der Waals surface area contributed by atoms with Crippen molar-refractivity contribution in [1.82, 2.24) is 0 Å². The zero-order valence-corrected chi connectivity index (χ0v) is 27.4. The van der Waals surface area contributed by atoms with Crippen molar-refractivity contribution in [2.45, 2.75) is 181 Å². The largest absolute Gasteiger partial charge is 0.328 e. The number of likely N-dealkylation sites (N-methyl/N-ethyl adjacent to an activating group) is 1. The minimum absolute atomic E-state index is 0.712. The van der Waals surface area contributed by atoms with Gasteiger partial charge in [-0.3, -0.25) is 0 Å². The first-order valence-corrected chi connectivity index (χ1v) is 17.8. The number of rotatable bonds is 27. The molecule has 0 radical (unpaired) electrons. The highest BCUT2D eigenvalue weighted by atomic mass is 16.9. The van der Waals surface area contributed by atoms with Crippen LogP contribution in [-0.2, 0) is 14.2 Å². The van der Waals surface area contributed by atoms with Gasteiger partial charge in [-0.1, -0.05) is 149 Å². The minimum atomic E-state index is -0.862. The molecule has 0 amide bonds. The summed E-state index contributed by atoms with van der Waals surface area (Å²) in [6.07, 6.45) is 33.3. The fourth-order valence-electron chi connectivity index (χ4n) is 5.90. The molecule has 0 aromatic carbocycles. The number of ether oxygens (including phenoxy) is 3. The van der Waals surface area contributed by atoms with E-state index in [1.807, 2.05) is 6.92 Å². The molecule has 1 aliphatic rings. The zero-order valence-electron chi connectivity index (χ0n) is 27.4. The van der Waals surface area contributed by atoms with Crippen LogP contribution < -0.4 is 0 Å². The van der Waals surface area contributed by atoms with Gasteiger partial charge in [-0.2, -0.15) is 0 Å². The van der Waals surface area contributed by atoms with E-state index in [4.69, 9.17) is 14.2 Å². The summed E-state index contributed by atoms with van der Waals surface area (Å²) in [6, 6.07) is 0. The predicted octanol–water partition coefficient (Wildman–Crippen LogP) is 10.6. The number of unbranched alkanes of at least 4 members (excludes halogenated alkanes) is 22. The Balaban J connectivity index is 1.98. The van der Waals surface area contributed by atoms with Crippen molar-refractivity contribution in [1.29, 1.82) is 0 Å². The maximum Gasteiger partial charge on any atom is 0.280 e. The van der Waals surface area contributed by atoms with Gasteiger partial charge in [0.1, 0.15) is 26.3 Å². The maximum absolute atomic E-state index is 6.13. The summed E-state index contributed by atoms with van der Waals surface area (Å²) >= 11 is 0. The standard InChI is InChI=1S/C35H72NO3/c1-5-7-9-11-13-15-17-19-21-23-25-27-29-36(4)30-33-38-35(3,39-34-31-36)37-32-28-26-24-22-20-18-16-14-12-10-8-6-2/h5-34H2,1-4H3/q+1. The molecule has 4 heteroatoms. The smallest absolute Gasteiger partial charge is 0.280 e. The Morgan fingerprint density at radius 2 is 0.846 bits per heavy atom. The number of nitrogens with zero attached hydrogens (tertiary/aromatic N) is 1. The van der Waals surface area contributed by atoms with Crippen LogP contribution in [0.25, 0.3) is 0 Å². The molecule has 4 nitrogen and oxygen atoms in total. The third-order valence-corrected chi connectivity index (χ3v) is 8.90. The molecular formula is C35H72NO3+. The normalized spacial score (nSPS) is 22.2. The maximum atomic E-state index is 6.13. The first-order chi connectivity index (χ1) is 19.0. The van der Waals surface area contributed by atoms with Crippen LogP contribution in [0.2, 0.25) is 0 Å². The average molecular weight is 555 g/mol. The van der Waals surface area contributed by atoms with Crippen LogP contribution >= 0.6 is 0 Å². The first kappa shape index (κ1) is 36.9. The van der Waals surface area contributed by atoms with Crippen molar-refractivity contribution < 1.29 is 18.7 Å². The number of hydrogen-bond acceptors (Lipinski definition) is 3. The molecule has 1 aliphatic heterocycles. The monoisotopic (exact) mass is 555 g/mol. The zero-order chi connectivity index (χ0) is 28.3. The van der Waals surface area contributed by atoms with Crippen LogP contribution in [0.15, 0.2) is 0 Å². The minimum Gasteiger partial charge on any atom is -0.328 e. The summed E-state index contributed by atoms with van der Waals surface area (Å²) < 4.78 is 19.4. The summed E-state index contributed by atoms with van der Waals surface area (Å²) in [4.78, 5) is 0. The van der Waals surface area contributed by atoms with Gasteiger partial charge in [0.2, 0.25) is 0 Å². The lowest BCUT2D eigenvalue weighted by Gasteiger charge is -2.40. The van der Waals surface area contributed by atoms with Crippen LogP contribution in [0, 0.1) is 0 Å². The lowest BCUT2D eigenvalue weighted by molar-refractivity contribution is -0.913. The Morgan fingerprint density at radius 3 is 1.23 bits per heavy atom. The van der Waals surface area contributed by atoms with Crippen molar-refractivity contribution in [2.24, 2.45) is 0 Å². The Morgan fingerprint density at radius 1 is 0.513 bits per heavy atom. The van der Waals surface area contributed by atoms with Gasteiger partial charge in [0.05, 0.1) is 20.2 Å². The SMILES string of the molecule is CCCCCCCCCCCCCCOC1(C)OCC[N+](C)(CCCCCCCCCCCCCC)CCO1. The second-order valence-corrected chi connectivity index (χ2v) is 13.0. The van der Waals surface area contributed by atoms with Crippen molar-refractivity contribution in [3.05, 3.63) is 0 Å². The molecule has 0 N–H and O–H groups in total. The van der Waals surface area contributed by atoms with E-state index in [0.29, 0.717) is 13.2 Å². The summed E-state index contributed by atoms with van der Waals surface area (Å²) in [5.41, 5.74) is 0. The molecule has 1 rings (SSSR count). The molecule has 0 saturated carbocycles. The predicted molar refractivity (Wildman–Crippen MR) is 169 cm³/mol. The van der Waals surface area contributed by atoms with Crippen molar-refractivity contribution in [3.63, 3.8) is 0 Å². The molecule has 0 spiro atoms. The van der Waals surface area contributed by atoms with E-state index in [1.165, 1.54) is 154 Å². The fourth-order valence-corrected chi connectivity index (χ4v) is 5.90. The van der Waals surface area contributed by atoms with Gasteiger partial charge in [0, 0.05) is 6.92 Å². The Hall–Kier alpha value is -0.160. The summed E-state index contributed by atoms with van der Waals surface area (Å²) in [5.74, 6) is -0.862. The van der Waals surface area contributed by atoms with E-state index in [1.54, 1.807) is 0 Å². The first-order valence-electron chi connectivity index (χ1n) is 17.8. The Kier molecular flexibility index (Phi) is 24.1. The Labute approximate surface area is 245 Å². The van der Waals surface area contributed by atoms with Gasteiger partial charge in [-0.25, -0.2) is 0 Å². The van der Waals surface area contributed by atoms with Crippen molar-refractivity contribution >= 4 is 0 Å². The highest BCUT2D eigenvalue weighted by Gasteiger charge is 2.33. The molecule has 39 heavy (non-hydrogen) atoms. The summed E-state index contributed by atoms with van der Waals surface area (Å²) in [5, 5.41) is 0. The molecule has 234 valence electrons. The van der Waals surface area contributed by atoms with Gasteiger partial charge < -0.3 is 18.7 Å². The molecule has 1 saturated heterocycles. The van der Waals surface area contributed by atoms with Gasteiger partial charge >= 0.3 is 0 Å². The van der Waals surface area contributed by atoms with Gasteiger partial charge in [0.25, 0.3) is 5.97 Å². The van der Waals surface area contributed by atoms with E-state index in [2.05, 4.69) is 20.9 Å². The van der Waals surface area contributed by atoms with Gasteiger partial charge in [-0.05, 0) is 19.3 Å². The molecule has 0 unspecified atom stereocenters. The second kappa shape index (κ2) is 25.5. The van der Waals surface area contributed by atoms with Crippen LogP contribution in [0.5, 0.6) is 0 Å². The lowest BCUT2D eigenvalue weighted by Crippen LogP contribution is -2.53. The van der Waals surface area contributed by atoms with Crippen LogP contribution in [0.3, 0.4) is 0 Å². The number of hydrogen-bond donors (Lipinski definition) is 0. The van der Waals surface area contributed by atoms with E-state index in [0.717, 1.165) is 30.6 Å². The number of quaternary nitrogens is 1. The summed E-state index contributed by atoms with van der Waals surface area (Å²) in [7, 11) is 2.38. The van der Waals surface area contributed by atoms with E-state index in [9.17, 15) is 0 Å². The highest BCUT2D eigenvalue weighted by Crippen LogP contribution is 2.21. The Bertz CT molecular complexity index is 502. The molecule has 0 bridgehead atoms. The van der Waals surface area contributed by atoms with E-state index in [-0.39, 0.29) is 0 Å². The van der Waals surface area contributed by atoms with Gasteiger partial charge in [-0.15, -0.1) is 0 Å². The molecule has 0 atom stereocenters. The molecule has 0 aromatic rings. The van der Waals surface area contributed by atoms with E-state index >= 15 is 0 Å². The lowest BCUT2D eigenvalue weighted by atomic mass is 10.1. The average Bonchev–Trinajstić information content (AvgIpc) is 2.91.